The average molecular weight is 363 g/mol. The number of rotatable bonds is 3. The molecule has 7 heteroatoms. The van der Waals surface area contributed by atoms with Crippen LogP contribution in [-0.4, -0.2) is 39.2 Å². The molecule has 1 aliphatic rings. The molecule has 0 bridgehead atoms. The molecule has 1 aromatic carbocycles. The summed E-state index contributed by atoms with van der Waals surface area (Å²) in [5.41, 5.74) is 3.40. The van der Waals surface area contributed by atoms with Gasteiger partial charge in [0.15, 0.2) is 0 Å². The Morgan fingerprint density at radius 2 is 2.07 bits per heavy atom. The van der Waals surface area contributed by atoms with Gasteiger partial charge in [-0.25, -0.2) is 15.0 Å². The smallest absolute Gasteiger partial charge is 0.255 e. The Bertz CT molecular complexity index is 1000. The third-order valence-electron chi connectivity index (χ3n) is 4.72. The van der Waals surface area contributed by atoms with Crippen LogP contribution in [0.1, 0.15) is 17.2 Å². The lowest BCUT2D eigenvalue weighted by molar-refractivity contribution is 0.0389. The summed E-state index contributed by atoms with van der Waals surface area (Å²) in [5.74, 6) is 0.622. The van der Waals surface area contributed by atoms with Crippen molar-refractivity contribution in [2.75, 3.05) is 24.6 Å². The van der Waals surface area contributed by atoms with Crippen LogP contribution in [0.2, 0.25) is 0 Å². The van der Waals surface area contributed by atoms with Gasteiger partial charge in [-0.1, -0.05) is 29.8 Å². The van der Waals surface area contributed by atoms with Crippen molar-refractivity contribution in [3.05, 3.63) is 70.4 Å². The predicted molar refractivity (Wildman–Crippen MR) is 103 cm³/mol. The number of benzene rings is 1. The topological polar surface area (TPSA) is 73.1 Å². The van der Waals surface area contributed by atoms with Crippen molar-refractivity contribution in [1.29, 1.82) is 0 Å². The van der Waals surface area contributed by atoms with Crippen molar-refractivity contribution in [1.82, 2.24) is 19.5 Å². The number of ether oxygens (including phenoxy) is 1. The van der Waals surface area contributed by atoms with E-state index < -0.39 is 0 Å². The highest BCUT2D eigenvalue weighted by Crippen LogP contribution is 2.26. The van der Waals surface area contributed by atoms with Crippen LogP contribution < -0.4 is 10.5 Å². The Morgan fingerprint density at radius 1 is 1.19 bits per heavy atom. The molecule has 27 heavy (non-hydrogen) atoms. The highest BCUT2D eigenvalue weighted by molar-refractivity contribution is 5.55. The van der Waals surface area contributed by atoms with Crippen LogP contribution >= 0.6 is 0 Å². The number of hydrogen-bond acceptors (Lipinski definition) is 6. The summed E-state index contributed by atoms with van der Waals surface area (Å²) in [4.78, 5) is 27.4. The maximum Gasteiger partial charge on any atom is 0.255 e. The van der Waals surface area contributed by atoms with Crippen LogP contribution in [0.5, 0.6) is 0 Å². The van der Waals surface area contributed by atoms with Crippen molar-refractivity contribution >= 4 is 5.95 Å². The number of anilines is 1. The van der Waals surface area contributed by atoms with E-state index in [1.165, 1.54) is 18.0 Å². The molecule has 0 spiro atoms. The summed E-state index contributed by atoms with van der Waals surface area (Å²) >= 11 is 0. The lowest BCUT2D eigenvalue weighted by Crippen LogP contribution is -2.41. The van der Waals surface area contributed by atoms with Crippen molar-refractivity contribution in [3.63, 3.8) is 0 Å². The second-order valence-corrected chi connectivity index (χ2v) is 6.65. The fourth-order valence-electron chi connectivity index (χ4n) is 3.29. The van der Waals surface area contributed by atoms with Gasteiger partial charge in [0.25, 0.3) is 5.56 Å². The minimum absolute atomic E-state index is 0.0572. The standard InChI is InChI=1S/C20H21N5O2/c1-14-4-3-5-15(10-14)18-12-25(8-9-27-18)20-23-17(11-19(26)24(20)2)16-6-7-21-13-22-16/h3-7,10-11,13,18H,8-9,12H2,1-2H3/t18-/m0/s1. The summed E-state index contributed by atoms with van der Waals surface area (Å²) in [7, 11) is 1.74. The minimum atomic E-state index is -0.118. The van der Waals surface area contributed by atoms with E-state index in [9.17, 15) is 4.79 Å². The molecular weight excluding hydrogens is 342 g/mol. The monoisotopic (exact) mass is 363 g/mol. The van der Waals surface area contributed by atoms with Crippen molar-refractivity contribution in [2.45, 2.75) is 13.0 Å². The Kier molecular flexibility index (Phi) is 4.68. The fraction of sp³-hybridized carbons (Fsp3) is 0.300. The molecule has 4 rings (SSSR count). The van der Waals surface area contributed by atoms with Gasteiger partial charge in [0.2, 0.25) is 5.95 Å². The molecule has 1 atom stereocenters. The maximum absolute atomic E-state index is 12.5. The largest absolute Gasteiger partial charge is 0.370 e. The molecule has 1 saturated heterocycles. The number of aromatic nitrogens is 4. The van der Waals surface area contributed by atoms with Gasteiger partial charge in [-0.2, -0.15) is 0 Å². The fourth-order valence-corrected chi connectivity index (χ4v) is 3.29. The van der Waals surface area contributed by atoms with Crippen LogP contribution in [0.3, 0.4) is 0 Å². The van der Waals surface area contributed by atoms with E-state index in [1.807, 2.05) is 6.07 Å². The number of aryl methyl sites for hydroxylation is 1. The van der Waals surface area contributed by atoms with Crippen LogP contribution in [0.4, 0.5) is 5.95 Å². The third kappa shape index (κ3) is 3.59. The Labute approximate surface area is 157 Å². The van der Waals surface area contributed by atoms with Crippen LogP contribution in [0.15, 0.2) is 53.7 Å². The summed E-state index contributed by atoms with van der Waals surface area (Å²) in [5, 5.41) is 0. The molecule has 0 unspecified atom stereocenters. The zero-order valence-corrected chi connectivity index (χ0v) is 15.4. The molecule has 2 aromatic heterocycles. The van der Waals surface area contributed by atoms with Crippen molar-refractivity contribution in [2.24, 2.45) is 7.05 Å². The second-order valence-electron chi connectivity index (χ2n) is 6.65. The van der Waals surface area contributed by atoms with E-state index in [1.54, 1.807) is 23.9 Å². The van der Waals surface area contributed by atoms with Gasteiger partial charge in [-0.3, -0.25) is 9.36 Å². The lowest BCUT2D eigenvalue weighted by Gasteiger charge is -2.34. The second kappa shape index (κ2) is 7.28. The van der Waals surface area contributed by atoms with Gasteiger partial charge in [0.1, 0.15) is 12.4 Å². The quantitative estimate of drug-likeness (QED) is 0.710. The molecule has 3 heterocycles. The lowest BCUT2D eigenvalue weighted by atomic mass is 10.1. The van der Waals surface area contributed by atoms with Crippen molar-refractivity contribution in [3.8, 4) is 11.4 Å². The first-order valence-corrected chi connectivity index (χ1v) is 8.89. The molecule has 0 amide bonds. The molecule has 1 fully saturated rings. The molecule has 0 aliphatic carbocycles. The van der Waals surface area contributed by atoms with Crippen LogP contribution in [-0.2, 0) is 11.8 Å². The zero-order chi connectivity index (χ0) is 18.8. The highest BCUT2D eigenvalue weighted by Gasteiger charge is 2.25. The van der Waals surface area contributed by atoms with Crippen molar-refractivity contribution < 1.29 is 4.74 Å². The van der Waals surface area contributed by atoms with Crippen LogP contribution in [0, 0.1) is 6.92 Å². The number of hydrogen-bond donors (Lipinski definition) is 0. The summed E-state index contributed by atoms with van der Waals surface area (Å²) in [6.07, 6.45) is 3.04. The molecule has 1 aliphatic heterocycles. The van der Waals surface area contributed by atoms with E-state index in [4.69, 9.17) is 9.72 Å². The summed E-state index contributed by atoms with van der Waals surface area (Å²) in [6, 6.07) is 11.6. The van der Waals surface area contributed by atoms with Gasteiger partial charge in [0, 0.05) is 25.9 Å². The minimum Gasteiger partial charge on any atom is -0.370 e. The Hall–Kier alpha value is -3.06. The molecule has 138 valence electrons. The molecule has 0 radical (unpaired) electrons. The molecule has 3 aromatic rings. The number of morpholine rings is 1. The molecule has 0 N–H and O–H groups in total. The maximum atomic E-state index is 12.5. The van der Waals surface area contributed by atoms with E-state index in [2.05, 4.69) is 40.0 Å². The first kappa shape index (κ1) is 17.4. The molecular formula is C20H21N5O2. The highest BCUT2D eigenvalue weighted by atomic mass is 16.5. The Morgan fingerprint density at radius 3 is 2.85 bits per heavy atom. The summed E-state index contributed by atoms with van der Waals surface area (Å²) < 4.78 is 7.55. The normalized spacial score (nSPS) is 17.1. The van der Waals surface area contributed by atoms with E-state index in [0.29, 0.717) is 37.0 Å². The van der Waals surface area contributed by atoms with Gasteiger partial charge in [-0.15, -0.1) is 0 Å². The SMILES string of the molecule is Cc1cccc([C@@H]2CN(c3nc(-c4ccncn4)cc(=O)n3C)CCO2)c1. The van der Waals surface area contributed by atoms with Crippen LogP contribution in [0.25, 0.3) is 11.4 Å². The van der Waals surface area contributed by atoms with Gasteiger partial charge in [-0.05, 0) is 18.6 Å². The third-order valence-corrected chi connectivity index (χ3v) is 4.72. The van der Waals surface area contributed by atoms with Gasteiger partial charge in [0.05, 0.1) is 24.5 Å². The van der Waals surface area contributed by atoms with E-state index >= 15 is 0 Å². The molecule has 0 saturated carbocycles. The predicted octanol–water partition coefficient (Wildman–Crippen LogP) is 2.12. The molecule has 7 nitrogen and oxygen atoms in total. The van der Waals surface area contributed by atoms with E-state index in [0.717, 1.165) is 5.56 Å². The first-order valence-electron chi connectivity index (χ1n) is 8.89. The van der Waals surface area contributed by atoms with E-state index in [-0.39, 0.29) is 11.7 Å². The number of nitrogens with zero attached hydrogens (tertiary/aromatic N) is 5. The van der Waals surface area contributed by atoms with Gasteiger partial charge >= 0.3 is 0 Å². The first-order chi connectivity index (χ1) is 13.1. The van der Waals surface area contributed by atoms with Gasteiger partial charge < -0.3 is 9.64 Å². The zero-order valence-electron chi connectivity index (χ0n) is 15.4. The summed E-state index contributed by atoms with van der Waals surface area (Å²) in [6.45, 7) is 3.96. The average Bonchev–Trinajstić information content (AvgIpc) is 2.71. The Balaban J connectivity index is 1.68.